The fraction of sp³-hybridized carbons (Fsp3) is 0.696. The van der Waals surface area contributed by atoms with Gasteiger partial charge in [-0.15, -0.1) is 0 Å². The molecule has 1 N–H and O–H groups in total. The van der Waals surface area contributed by atoms with E-state index in [9.17, 15) is 13.2 Å². The molecule has 7 heteroatoms. The third-order valence-corrected chi connectivity index (χ3v) is 8.46. The van der Waals surface area contributed by atoms with Crippen molar-refractivity contribution in [3.05, 3.63) is 29.8 Å². The van der Waals surface area contributed by atoms with Crippen LogP contribution in [0.2, 0.25) is 0 Å². The summed E-state index contributed by atoms with van der Waals surface area (Å²) < 4.78 is 31.0. The topological polar surface area (TPSA) is 75.7 Å². The smallest absolute Gasteiger partial charge is 0.241 e. The lowest BCUT2D eigenvalue weighted by Crippen LogP contribution is -2.48. The van der Waals surface area contributed by atoms with E-state index >= 15 is 0 Å². The standard InChI is InChI=1S/C23H34N2O4S/c1-16(15-29-2)24-22(26)14-25(30(3,27)28)21-6-4-20(5-7-21)23-11-17-8-18(12-23)10-19(9-17)13-23/h4-7,16-19H,8-15H2,1-3H3,(H,24,26)/t16-,17?,18?,19?,23?/m0/s1. The molecule has 0 radical (unpaired) electrons. The highest BCUT2D eigenvalue weighted by Gasteiger charge is 2.51. The van der Waals surface area contributed by atoms with E-state index in [0.29, 0.717) is 12.3 Å². The predicted octanol–water partition coefficient (Wildman–Crippen LogP) is 3.07. The number of benzene rings is 1. The zero-order chi connectivity index (χ0) is 21.5. The van der Waals surface area contributed by atoms with Gasteiger partial charge in [0.15, 0.2) is 0 Å². The van der Waals surface area contributed by atoms with Crippen LogP contribution in [0.4, 0.5) is 5.69 Å². The van der Waals surface area contributed by atoms with Crippen LogP contribution in [-0.4, -0.2) is 46.9 Å². The predicted molar refractivity (Wildman–Crippen MR) is 118 cm³/mol. The highest BCUT2D eigenvalue weighted by Crippen LogP contribution is 2.60. The fourth-order valence-corrected chi connectivity index (χ4v) is 7.44. The molecule has 6 nitrogen and oxygen atoms in total. The molecule has 166 valence electrons. The second-order valence-corrected chi connectivity index (χ2v) is 11.8. The van der Waals surface area contributed by atoms with Crippen LogP contribution in [0.15, 0.2) is 24.3 Å². The van der Waals surface area contributed by atoms with Crippen molar-refractivity contribution in [1.29, 1.82) is 0 Å². The maximum Gasteiger partial charge on any atom is 0.241 e. The molecule has 4 aliphatic carbocycles. The number of nitrogens with one attached hydrogen (secondary N) is 1. The van der Waals surface area contributed by atoms with Crippen LogP contribution >= 0.6 is 0 Å². The summed E-state index contributed by atoms with van der Waals surface area (Å²) in [4.78, 5) is 12.4. The molecule has 0 heterocycles. The molecule has 0 aliphatic heterocycles. The Labute approximate surface area is 180 Å². The Hall–Kier alpha value is -1.60. The van der Waals surface area contributed by atoms with Gasteiger partial charge in [0.25, 0.3) is 0 Å². The molecular weight excluding hydrogens is 400 g/mol. The molecule has 4 bridgehead atoms. The molecule has 4 fully saturated rings. The van der Waals surface area contributed by atoms with Gasteiger partial charge in [-0.25, -0.2) is 8.42 Å². The van der Waals surface area contributed by atoms with Gasteiger partial charge in [-0.05, 0) is 86.3 Å². The van der Waals surface area contributed by atoms with E-state index < -0.39 is 10.0 Å². The lowest BCUT2D eigenvalue weighted by Gasteiger charge is -2.57. The number of rotatable bonds is 8. The molecule has 0 spiro atoms. The van der Waals surface area contributed by atoms with Crippen molar-refractivity contribution in [2.75, 3.05) is 30.8 Å². The van der Waals surface area contributed by atoms with Crippen LogP contribution in [0.1, 0.15) is 51.0 Å². The minimum atomic E-state index is -3.58. The number of hydrogen-bond acceptors (Lipinski definition) is 4. The van der Waals surface area contributed by atoms with Crippen molar-refractivity contribution in [3.8, 4) is 0 Å². The number of sulfonamides is 1. The Morgan fingerprint density at radius 1 is 1.13 bits per heavy atom. The Bertz CT molecular complexity index is 846. The number of nitrogens with zero attached hydrogens (tertiary/aromatic N) is 1. The molecule has 0 unspecified atom stereocenters. The first-order valence-corrected chi connectivity index (χ1v) is 12.9. The summed E-state index contributed by atoms with van der Waals surface area (Å²) in [5.41, 5.74) is 2.16. The van der Waals surface area contributed by atoms with E-state index in [1.165, 1.54) is 48.4 Å². The minimum absolute atomic E-state index is 0.178. The average Bonchev–Trinajstić information content (AvgIpc) is 2.64. The number of hydrogen-bond donors (Lipinski definition) is 1. The van der Waals surface area contributed by atoms with Crippen molar-refractivity contribution >= 4 is 21.6 Å². The van der Waals surface area contributed by atoms with Crippen molar-refractivity contribution in [3.63, 3.8) is 0 Å². The highest BCUT2D eigenvalue weighted by atomic mass is 32.2. The molecule has 1 atom stereocenters. The van der Waals surface area contributed by atoms with Gasteiger partial charge in [0, 0.05) is 13.2 Å². The van der Waals surface area contributed by atoms with Crippen molar-refractivity contribution in [2.45, 2.75) is 56.9 Å². The summed E-state index contributed by atoms with van der Waals surface area (Å²) in [6.45, 7) is 1.97. The number of amides is 1. The number of ether oxygens (including phenoxy) is 1. The summed E-state index contributed by atoms with van der Waals surface area (Å²) >= 11 is 0. The van der Waals surface area contributed by atoms with Crippen LogP contribution in [0, 0.1) is 17.8 Å². The lowest BCUT2D eigenvalue weighted by molar-refractivity contribution is -0.120. The number of carbonyl (C=O) groups is 1. The maximum atomic E-state index is 12.4. The van der Waals surface area contributed by atoms with E-state index in [4.69, 9.17) is 4.74 Å². The summed E-state index contributed by atoms with van der Waals surface area (Å²) in [7, 11) is -2.01. The molecule has 4 aliphatic rings. The monoisotopic (exact) mass is 434 g/mol. The Kier molecular flexibility index (Phi) is 5.88. The molecule has 0 saturated heterocycles. The van der Waals surface area contributed by atoms with Crippen LogP contribution in [0.5, 0.6) is 0 Å². The number of anilines is 1. The summed E-state index contributed by atoms with van der Waals surface area (Å²) in [5, 5.41) is 2.78. The maximum absolute atomic E-state index is 12.4. The molecule has 30 heavy (non-hydrogen) atoms. The van der Waals surface area contributed by atoms with Crippen molar-refractivity contribution < 1.29 is 17.9 Å². The van der Waals surface area contributed by atoms with Crippen LogP contribution in [0.25, 0.3) is 0 Å². The summed E-state index contributed by atoms with van der Waals surface area (Å²) in [5.74, 6) is 2.25. The van der Waals surface area contributed by atoms with Crippen LogP contribution < -0.4 is 9.62 Å². The Morgan fingerprint density at radius 3 is 2.13 bits per heavy atom. The minimum Gasteiger partial charge on any atom is -0.383 e. The Balaban J connectivity index is 1.51. The first-order chi connectivity index (χ1) is 14.2. The zero-order valence-electron chi connectivity index (χ0n) is 18.3. The van der Waals surface area contributed by atoms with E-state index in [1.54, 1.807) is 7.11 Å². The molecule has 1 aromatic rings. The van der Waals surface area contributed by atoms with E-state index in [2.05, 4.69) is 17.4 Å². The van der Waals surface area contributed by atoms with Crippen molar-refractivity contribution in [1.82, 2.24) is 5.32 Å². The molecule has 1 aromatic carbocycles. The van der Waals surface area contributed by atoms with Gasteiger partial charge in [0.1, 0.15) is 6.54 Å². The van der Waals surface area contributed by atoms with Gasteiger partial charge in [-0.2, -0.15) is 0 Å². The van der Waals surface area contributed by atoms with E-state index in [0.717, 1.165) is 24.0 Å². The van der Waals surface area contributed by atoms with Gasteiger partial charge in [-0.3, -0.25) is 9.10 Å². The van der Waals surface area contributed by atoms with Gasteiger partial charge in [-0.1, -0.05) is 12.1 Å². The van der Waals surface area contributed by atoms with Gasteiger partial charge < -0.3 is 10.1 Å². The van der Waals surface area contributed by atoms with E-state index in [-0.39, 0.29) is 23.9 Å². The first kappa shape index (κ1) is 21.6. The number of carbonyl (C=O) groups excluding carboxylic acids is 1. The third kappa shape index (κ3) is 4.37. The molecule has 1 amide bonds. The Morgan fingerprint density at radius 2 is 1.67 bits per heavy atom. The second-order valence-electron chi connectivity index (χ2n) is 9.94. The average molecular weight is 435 g/mol. The quantitative estimate of drug-likeness (QED) is 0.682. The summed E-state index contributed by atoms with van der Waals surface area (Å²) in [6.07, 6.45) is 9.16. The first-order valence-electron chi connectivity index (χ1n) is 11.0. The molecular formula is C23H34N2O4S. The highest BCUT2D eigenvalue weighted by molar-refractivity contribution is 7.92. The normalized spacial score (nSPS) is 30.8. The fourth-order valence-electron chi connectivity index (χ4n) is 6.59. The van der Waals surface area contributed by atoms with Crippen LogP contribution in [-0.2, 0) is 25.0 Å². The SMILES string of the molecule is COC[C@H](C)NC(=O)CN(c1ccc(C23CC4CC(CC(C4)C2)C3)cc1)S(C)(=O)=O. The van der Waals surface area contributed by atoms with Crippen LogP contribution in [0.3, 0.4) is 0 Å². The lowest BCUT2D eigenvalue weighted by atomic mass is 9.48. The summed E-state index contributed by atoms with van der Waals surface area (Å²) in [6, 6.07) is 7.78. The third-order valence-electron chi connectivity index (χ3n) is 7.32. The van der Waals surface area contributed by atoms with Gasteiger partial charge in [0.2, 0.25) is 15.9 Å². The largest absolute Gasteiger partial charge is 0.383 e. The van der Waals surface area contributed by atoms with Crippen molar-refractivity contribution in [2.24, 2.45) is 17.8 Å². The second kappa shape index (κ2) is 8.15. The molecule has 0 aromatic heterocycles. The number of methoxy groups -OCH3 is 1. The zero-order valence-corrected chi connectivity index (χ0v) is 19.1. The molecule has 5 rings (SSSR count). The van der Waals surface area contributed by atoms with Gasteiger partial charge in [0.05, 0.1) is 18.6 Å². The van der Waals surface area contributed by atoms with Gasteiger partial charge >= 0.3 is 0 Å². The molecule has 4 saturated carbocycles. The van der Waals surface area contributed by atoms with E-state index in [1.807, 2.05) is 19.1 Å².